The third-order valence-corrected chi connectivity index (χ3v) is 6.45. The van der Waals surface area contributed by atoms with Crippen LogP contribution in [0, 0.1) is 6.92 Å². The first-order valence-corrected chi connectivity index (χ1v) is 11.7. The van der Waals surface area contributed by atoms with E-state index in [-0.39, 0.29) is 24.8 Å². The van der Waals surface area contributed by atoms with Crippen LogP contribution in [-0.4, -0.2) is 54.1 Å². The molecule has 0 saturated carbocycles. The van der Waals surface area contributed by atoms with Gasteiger partial charge in [0.15, 0.2) is 0 Å². The number of methoxy groups -OCH3 is 1. The number of carbonyl (C=O) groups excluding carboxylic acids is 3. The van der Waals surface area contributed by atoms with Crippen molar-refractivity contribution in [3.05, 3.63) is 64.3 Å². The summed E-state index contributed by atoms with van der Waals surface area (Å²) in [6.45, 7) is 3.06. The van der Waals surface area contributed by atoms with Crippen molar-refractivity contribution in [3.8, 4) is 5.75 Å². The van der Waals surface area contributed by atoms with Crippen LogP contribution in [0.2, 0.25) is 5.02 Å². The SMILES string of the molecule is COc1ccc2c(c1)c(CC(=O)OCCN1CCCCC1=O)c(C)n2C(=O)c1ccc(Cl)cc1. The van der Waals surface area contributed by atoms with E-state index >= 15 is 0 Å². The van der Waals surface area contributed by atoms with E-state index < -0.39 is 5.97 Å². The van der Waals surface area contributed by atoms with Crippen LogP contribution in [0.3, 0.4) is 0 Å². The number of fused-ring (bicyclic) bond motifs is 1. The number of hydrogen-bond acceptors (Lipinski definition) is 5. The minimum Gasteiger partial charge on any atom is -0.497 e. The van der Waals surface area contributed by atoms with Crippen LogP contribution in [0.5, 0.6) is 5.75 Å². The van der Waals surface area contributed by atoms with Crippen LogP contribution in [-0.2, 0) is 20.7 Å². The maximum Gasteiger partial charge on any atom is 0.310 e. The topological polar surface area (TPSA) is 77.8 Å². The summed E-state index contributed by atoms with van der Waals surface area (Å²) < 4.78 is 12.4. The third kappa shape index (κ3) is 4.94. The molecule has 1 fully saturated rings. The van der Waals surface area contributed by atoms with Crippen molar-refractivity contribution in [2.45, 2.75) is 32.6 Å². The first kappa shape index (κ1) is 23.8. The Bertz CT molecular complexity index is 1230. The first-order chi connectivity index (χ1) is 16.4. The highest BCUT2D eigenvalue weighted by Gasteiger charge is 2.23. The lowest BCUT2D eigenvalue weighted by Crippen LogP contribution is -2.38. The Labute approximate surface area is 203 Å². The Kier molecular flexibility index (Phi) is 7.22. The van der Waals surface area contributed by atoms with Crippen molar-refractivity contribution in [3.63, 3.8) is 0 Å². The van der Waals surface area contributed by atoms with Gasteiger partial charge in [-0.05, 0) is 67.8 Å². The third-order valence-electron chi connectivity index (χ3n) is 6.20. The number of esters is 1. The zero-order chi connectivity index (χ0) is 24.2. The van der Waals surface area contributed by atoms with E-state index in [1.54, 1.807) is 46.9 Å². The van der Waals surface area contributed by atoms with Crippen molar-refractivity contribution in [1.29, 1.82) is 0 Å². The second-order valence-electron chi connectivity index (χ2n) is 8.33. The molecule has 34 heavy (non-hydrogen) atoms. The van der Waals surface area contributed by atoms with Crippen LogP contribution in [0.15, 0.2) is 42.5 Å². The zero-order valence-corrected chi connectivity index (χ0v) is 20.1. The van der Waals surface area contributed by atoms with Gasteiger partial charge in [0.05, 0.1) is 25.6 Å². The monoisotopic (exact) mass is 482 g/mol. The van der Waals surface area contributed by atoms with Gasteiger partial charge in [-0.15, -0.1) is 0 Å². The van der Waals surface area contributed by atoms with Gasteiger partial charge < -0.3 is 14.4 Å². The largest absolute Gasteiger partial charge is 0.497 e. The number of amides is 1. The molecule has 2 heterocycles. The summed E-state index contributed by atoms with van der Waals surface area (Å²) in [7, 11) is 1.57. The molecule has 0 radical (unpaired) electrons. The molecule has 0 aliphatic carbocycles. The van der Waals surface area contributed by atoms with E-state index in [4.69, 9.17) is 21.1 Å². The molecule has 1 aliphatic heterocycles. The van der Waals surface area contributed by atoms with Crippen LogP contribution in [0.4, 0.5) is 0 Å². The van der Waals surface area contributed by atoms with Gasteiger partial charge in [-0.1, -0.05) is 11.6 Å². The van der Waals surface area contributed by atoms with Crippen molar-refractivity contribution >= 4 is 40.3 Å². The first-order valence-electron chi connectivity index (χ1n) is 11.3. The summed E-state index contributed by atoms with van der Waals surface area (Å²) in [5, 5.41) is 1.30. The molecule has 0 spiro atoms. The summed E-state index contributed by atoms with van der Waals surface area (Å²) in [6, 6.07) is 12.1. The molecule has 0 atom stereocenters. The molecule has 3 aromatic rings. The second-order valence-corrected chi connectivity index (χ2v) is 8.77. The van der Waals surface area contributed by atoms with Crippen molar-refractivity contribution in [2.75, 3.05) is 26.8 Å². The van der Waals surface area contributed by atoms with Crippen molar-refractivity contribution in [2.24, 2.45) is 0 Å². The summed E-state index contributed by atoms with van der Waals surface area (Å²) in [6.07, 6.45) is 2.44. The van der Waals surface area contributed by atoms with Gasteiger partial charge in [0.2, 0.25) is 5.91 Å². The minimum atomic E-state index is -0.409. The lowest BCUT2D eigenvalue weighted by atomic mass is 10.1. The number of carbonyl (C=O) groups is 3. The number of rotatable bonds is 7. The summed E-state index contributed by atoms with van der Waals surface area (Å²) in [5.41, 5.74) is 2.53. The van der Waals surface area contributed by atoms with Crippen LogP contribution in [0.1, 0.15) is 40.9 Å². The number of hydrogen-bond donors (Lipinski definition) is 0. The van der Waals surface area contributed by atoms with E-state index in [9.17, 15) is 14.4 Å². The molecule has 0 unspecified atom stereocenters. The highest BCUT2D eigenvalue weighted by Crippen LogP contribution is 2.31. The Hall–Kier alpha value is -3.32. The summed E-state index contributed by atoms with van der Waals surface area (Å²) >= 11 is 5.98. The second kappa shape index (κ2) is 10.3. The molecule has 1 aromatic heterocycles. The number of ether oxygens (including phenoxy) is 2. The number of benzene rings is 2. The van der Waals surface area contributed by atoms with Crippen LogP contribution < -0.4 is 4.74 Å². The zero-order valence-electron chi connectivity index (χ0n) is 19.3. The minimum absolute atomic E-state index is 0.00431. The molecule has 7 nitrogen and oxygen atoms in total. The van der Waals surface area contributed by atoms with Crippen LogP contribution >= 0.6 is 11.6 Å². The van der Waals surface area contributed by atoms with E-state index in [2.05, 4.69) is 0 Å². The molecule has 2 aromatic carbocycles. The van der Waals surface area contributed by atoms with Crippen molar-refractivity contribution < 1.29 is 23.9 Å². The number of aromatic nitrogens is 1. The Morgan fingerprint density at radius 3 is 2.56 bits per heavy atom. The Morgan fingerprint density at radius 2 is 1.85 bits per heavy atom. The Morgan fingerprint density at radius 1 is 1.09 bits per heavy atom. The van der Waals surface area contributed by atoms with Gasteiger partial charge in [-0.2, -0.15) is 0 Å². The van der Waals surface area contributed by atoms with Gasteiger partial charge in [-0.25, -0.2) is 0 Å². The molecule has 0 N–H and O–H groups in total. The number of piperidine rings is 1. The Balaban J connectivity index is 1.58. The molecule has 4 rings (SSSR count). The van der Waals surface area contributed by atoms with Crippen molar-refractivity contribution in [1.82, 2.24) is 9.47 Å². The smallest absolute Gasteiger partial charge is 0.310 e. The molecule has 1 aliphatic rings. The van der Waals surface area contributed by atoms with E-state index in [0.717, 1.165) is 18.2 Å². The van der Waals surface area contributed by atoms with Gasteiger partial charge in [0.25, 0.3) is 5.91 Å². The highest BCUT2D eigenvalue weighted by molar-refractivity contribution is 6.30. The maximum atomic E-state index is 13.4. The molecule has 0 bridgehead atoms. The van der Waals surface area contributed by atoms with Gasteiger partial charge in [0.1, 0.15) is 12.4 Å². The predicted octanol–water partition coefficient (Wildman–Crippen LogP) is 4.40. The predicted molar refractivity (Wildman–Crippen MR) is 130 cm³/mol. The lowest BCUT2D eigenvalue weighted by molar-refractivity contribution is -0.145. The quantitative estimate of drug-likeness (QED) is 0.466. The average Bonchev–Trinajstić information content (AvgIpc) is 3.10. The molecule has 178 valence electrons. The maximum absolute atomic E-state index is 13.4. The standard InChI is InChI=1S/C26H27ClN2O5/c1-17-21(16-25(31)34-14-13-28-12-4-3-5-24(28)30)22-15-20(33-2)10-11-23(22)29(17)26(32)18-6-8-19(27)9-7-18/h6-11,15H,3-5,12-14,16H2,1-2H3. The molecule has 8 heteroatoms. The fraction of sp³-hybridized carbons (Fsp3) is 0.346. The lowest BCUT2D eigenvalue weighted by Gasteiger charge is -2.26. The fourth-order valence-corrected chi connectivity index (χ4v) is 4.49. The molecular formula is C26H27ClN2O5. The van der Waals surface area contributed by atoms with E-state index in [0.29, 0.717) is 52.6 Å². The van der Waals surface area contributed by atoms with E-state index in [1.165, 1.54) is 0 Å². The number of nitrogens with zero attached hydrogens (tertiary/aromatic N) is 2. The molecule has 1 amide bonds. The fourth-order valence-electron chi connectivity index (χ4n) is 4.36. The van der Waals surface area contributed by atoms with Gasteiger partial charge >= 0.3 is 5.97 Å². The van der Waals surface area contributed by atoms with Gasteiger partial charge in [0, 0.05) is 34.6 Å². The summed E-state index contributed by atoms with van der Waals surface area (Å²) in [4.78, 5) is 39.8. The summed E-state index contributed by atoms with van der Waals surface area (Å²) in [5.74, 6) is 0.108. The number of halogens is 1. The number of likely N-dealkylation sites (tertiary alicyclic amines) is 1. The molecule has 1 saturated heterocycles. The molecular weight excluding hydrogens is 456 g/mol. The normalized spacial score (nSPS) is 13.9. The highest BCUT2D eigenvalue weighted by atomic mass is 35.5. The van der Waals surface area contributed by atoms with E-state index in [1.807, 2.05) is 19.1 Å². The van der Waals surface area contributed by atoms with Crippen LogP contribution in [0.25, 0.3) is 10.9 Å². The average molecular weight is 483 g/mol. The van der Waals surface area contributed by atoms with Gasteiger partial charge in [-0.3, -0.25) is 19.0 Å².